The van der Waals surface area contributed by atoms with E-state index in [2.05, 4.69) is 22.8 Å². The van der Waals surface area contributed by atoms with Crippen molar-refractivity contribution in [2.24, 2.45) is 5.10 Å². The molecule has 0 unspecified atom stereocenters. The predicted molar refractivity (Wildman–Crippen MR) is 106 cm³/mol. The number of hydrogen-bond acceptors (Lipinski definition) is 5. The fraction of sp³-hybridized carbons (Fsp3) is 0.550. The van der Waals surface area contributed by atoms with Crippen LogP contribution in [0.4, 0.5) is 0 Å². The highest BCUT2D eigenvalue weighted by molar-refractivity contribution is 5.88. The van der Waals surface area contributed by atoms with Crippen LogP contribution in [-0.2, 0) is 9.59 Å². The number of ether oxygens (including phenoxy) is 1. The summed E-state index contributed by atoms with van der Waals surface area (Å²) in [6.07, 6.45) is 9.77. The number of hydrogen-bond donors (Lipinski definition) is 3. The van der Waals surface area contributed by atoms with E-state index in [-0.39, 0.29) is 18.2 Å². The zero-order valence-corrected chi connectivity index (χ0v) is 16.3. The van der Waals surface area contributed by atoms with Crippen LogP contribution in [0, 0.1) is 0 Å². The van der Waals surface area contributed by atoms with Gasteiger partial charge in [-0.3, -0.25) is 9.59 Å². The minimum absolute atomic E-state index is 0.0546. The largest absolute Gasteiger partial charge is 0.504 e. The van der Waals surface area contributed by atoms with Gasteiger partial charge in [0.1, 0.15) is 0 Å². The fourth-order valence-corrected chi connectivity index (χ4v) is 2.53. The Balaban J connectivity index is 2.19. The second-order valence-electron chi connectivity index (χ2n) is 6.34. The van der Waals surface area contributed by atoms with Crippen molar-refractivity contribution in [3.63, 3.8) is 0 Å². The molecule has 0 aliphatic rings. The molecule has 0 aromatic heterocycles. The Morgan fingerprint density at radius 3 is 2.52 bits per heavy atom. The predicted octanol–water partition coefficient (Wildman–Crippen LogP) is 3.11. The summed E-state index contributed by atoms with van der Waals surface area (Å²) in [5.74, 6) is -0.293. The first-order valence-electron chi connectivity index (χ1n) is 9.53. The van der Waals surface area contributed by atoms with Crippen molar-refractivity contribution in [3.05, 3.63) is 23.8 Å². The lowest BCUT2D eigenvalue weighted by atomic mass is 10.1. The average molecular weight is 377 g/mol. The van der Waals surface area contributed by atoms with Crippen molar-refractivity contribution in [1.82, 2.24) is 10.7 Å². The quantitative estimate of drug-likeness (QED) is 0.279. The van der Waals surface area contributed by atoms with Crippen LogP contribution in [0.1, 0.15) is 63.9 Å². The smallest absolute Gasteiger partial charge is 0.259 e. The highest BCUT2D eigenvalue weighted by Crippen LogP contribution is 2.27. The average Bonchev–Trinajstić information content (AvgIpc) is 2.67. The van der Waals surface area contributed by atoms with Gasteiger partial charge in [0.2, 0.25) is 5.91 Å². The van der Waals surface area contributed by atoms with E-state index in [0.717, 1.165) is 19.3 Å². The van der Waals surface area contributed by atoms with Gasteiger partial charge in [0.05, 0.1) is 19.9 Å². The topological polar surface area (TPSA) is 100 Å². The van der Waals surface area contributed by atoms with Gasteiger partial charge >= 0.3 is 0 Å². The van der Waals surface area contributed by atoms with Gasteiger partial charge in [0.25, 0.3) is 5.91 Å². The molecule has 27 heavy (non-hydrogen) atoms. The number of carbonyl (C=O) groups excluding carboxylic acids is 2. The monoisotopic (exact) mass is 377 g/mol. The summed E-state index contributed by atoms with van der Waals surface area (Å²) in [6, 6.07) is 4.95. The lowest BCUT2D eigenvalue weighted by molar-refractivity contribution is -0.126. The zero-order chi connectivity index (χ0) is 19.9. The molecular formula is C20H31N3O4. The van der Waals surface area contributed by atoms with E-state index >= 15 is 0 Å². The van der Waals surface area contributed by atoms with E-state index in [4.69, 9.17) is 4.74 Å². The number of nitrogens with zero attached hydrogens (tertiary/aromatic N) is 1. The number of aromatic hydroxyl groups is 1. The molecule has 0 saturated heterocycles. The van der Waals surface area contributed by atoms with E-state index in [9.17, 15) is 14.7 Å². The summed E-state index contributed by atoms with van der Waals surface area (Å²) in [6.45, 7) is 2.06. The maximum Gasteiger partial charge on any atom is 0.259 e. The summed E-state index contributed by atoms with van der Waals surface area (Å²) in [5, 5.41) is 16.3. The number of rotatable bonds is 13. The Hall–Kier alpha value is -2.57. The second kappa shape index (κ2) is 13.6. The SMILES string of the molecule is CCCCCCCCCC(=O)NCC(=O)NN=Cc1cccc(OC)c1O. The Morgan fingerprint density at radius 1 is 1.11 bits per heavy atom. The molecule has 0 heterocycles. The lowest BCUT2D eigenvalue weighted by Crippen LogP contribution is -2.34. The van der Waals surface area contributed by atoms with Crippen LogP contribution in [0.5, 0.6) is 11.5 Å². The minimum Gasteiger partial charge on any atom is -0.504 e. The molecule has 0 bridgehead atoms. The number of nitrogens with one attached hydrogen (secondary N) is 2. The summed E-state index contributed by atoms with van der Waals surface area (Å²) in [4.78, 5) is 23.4. The molecule has 0 fully saturated rings. The van der Waals surface area contributed by atoms with Gasteiger partial charge in [-0.25, -0.2) is 5.43 Å². The fourth-order valence-electron chi connectivity index (χ4n) is 2.53. The van der Waals surface area contributed by atoms with Gasteiger partial charge in [0, 0.05) is 12.0 Å². The van der Waals surface area contributed by atoms with Crippen molar-refractivity contribution in [2.75, 3.05) is 13.7 Å². The van der Waals surface area contributed by atoms with Crippen LogP contribution in [0.2, 0.25) is 0 Å². The van der Waals surface area contributed by atoms with Crippen LogP contribution in [0.15, 0.2) is 23.3 Å². The summed E-state index contributed by atoms with van der Waals surface area (Å²) < 4.78 is 5.00. The minimum atomic E-state index is -0.429. The maximum atomic E-state index is 11.7. The third kappa shape index (κ3) is 9.63. The summed E-state index contributed by atoms with van der Waals surface area (Å²) in [7, 11) is 1.45. The second-order valence-corrected chi connectivity index (χ2v) is 6.34. The molecule has 7 heteroatoms. The maximum absolute atomic E-state index is 11.7. The number of phenolic OH excluding ortho intramolecular Hbond substituents is 1. The van der Waals surface area contributed by atoms with E-state index in [1.54, 1.807) is 18.2 Å². The Labute approximate surface area is 161 Å². The number of unbranched alkanes of at least 4 members (excludes halogenated alkanes) is 6. The van der Waals surface area contributed by atoms with Crippen molar-refractivity contribution in [2.45, 2.75) is 58.3 Å². The van der Waals surface area contributed by atoms with Crippen molar-refractivity contribution >= 4 is 18.0 Å². The third-order valence-electron chi connectivity index (χ3n) is 4.10. The number of para-hydroxylation sites is 1. The number of benzene rings is 1. The highest BCUT2D eigenvalue weighted by Gasteiger charge is 2.06. The Kier molecular flexibility index (Phi) is 11.3. The Bertz CT molecular complexity index is 617. The molecule has 0 radical (unpaired) electrons. The van der Waals surface area contributed by atoms with Gasteiger partial charge in [-0.2, -0.15) is 5.10 Å². The first-order valence-corrected chi connectivity index (χ1v) is 9.53. The highest BCUT2D eigenvalue weighted by atomic mass is 16.5. The van der Waals surface area contributed by atoms with Crippen LogP contribution < -0.4 is 15.5 Å². The standard InChI is InChI=1S/C20H31N3O4/c1-3-4-5-6-7-8-9-13-18(24)21-15-19(25)23-22-14-16-11-10-12-17(27-2)20(16)26/h10-12,14,26H,3-9,13,15H2,1-2H3,(H,21,24)(H,23,25). The van der Waals surface area contributed by atoms with Crippen LogP contribution in [0.25, 0.3) is 0 Å². The molecule has 0 atom stereocenters. The number of hydrazone groups is 1. The zero-order valence-electron chi connectivity index (χ0n) is 16.3. The summed E-state index contributed by atoms with van der Waals surface area (Å²) in [5.41, 5.74) is 2.73. The molecule has 3 N–H and O–H groups in total. The first kappa shape index (κ1) is 22.5. The number of carbonyl (C=O) groups is 2. The van der Waals surface area contributed by atoms with Gasteiger partial charge in [-0.05, 0) is 18.6 Å². The van der Waals surface area contributed by atoms with Crippen molar-refractivity contribution in [3.8, 4) is 11.5 Å². The van der Waals surface area contributed by atoms with Gasteiger partial charge < -0.3 is 15.2 Å². The molecule has 7 nitrogen and oxygen atoms in total. The molecule has 0 aliphatic heterocycles. The van der Waals surface area contributed by atoms with Crippen molar-refractivity contribution in [1.29, 1.82) is 0 Å². The lowest BCUT2D eigenvalue weighted by Gasteiger charge is -2.06. The van der Waals surface area contributed by atoms with Gasteiger partial charge in [-0.1, -0.05) is 51.5 Å². The molecule has 1 aromatic carbocycles. The van der Waals surface area contributed by atoms with Gasteiger partial charge in [-0.15, -0.1) is 0 Å². The normalized spacial score (nSPS) is 10.7. The molecule has 0 saturated carbocycles. The molecular weight excluding hydrogens is 346 g/mol. The molecule has 1 rings (SSSR count). The van der Waals surface area contributed by atoms with E-state index in [1.165, 1.54) is 39.0 Å². The summed E-state index contributed by atoms with van der Waals surface area (Å²) >= 11 is 0. The van der Waals surface area contributed by atoms with E-state index in [0.29, 0.717) is 17.7 Å². The first-order chi connectivity index (χ1) is 13.1. The third-order valence-corrected chi connectivity index (χ3v) is 4.10. The van der Waals surface area contributed by atoms with Crippen LogP contribution in [0.3, 0.4) is 0 Å². The molecule has 2 amide bonds. The van der Waals surface area contributed by atoms with E-state index < -0.39 is 5.91 Å². The molecule has 1 aromatic rings. The molecule has 0 spiro atoms. The van der Waals surface area contributed by atoms with Crippen LogP contribution in [-0.4, -0.2) is 36.8 Å². The van der Waals surface area contributed by atoms with Crippen molar-refractivity contribution < 1.29 is 19.4 Å². The number of amides is 2. The molecule has 0 aliphatic carbocycles. The number of methoxy groups -OCH3 is 1. The van der Waals surface area contributed by atoms with Gasteiger partial charge in [0.15, 0.2) is 11.5 Å². The van der Waals surface area contributed by atoms with E-state index in [1.807, 2.05) is 0 Å². The number of phenols is 1. The Morgan fingerprint density at radius 2 is 1.81 bits per heavy atom. The molecule has 150 valence electrons. The van der Waals surface area contributed by atoms with Crippen LogP contribution >= 0.6 is 0 Å².